The summed E-state index contributed by atoms with van der Waals surface area (Å²) in [6.45, 7) is 11.4. The van der Waals surface area contributed by atoms with E-state index < -0.39 is 11.2 Å². The fourth-order valence-corrected chi connectivity index (χ4v) is 2.88. The predicted octanol–water partition coefficient (Wildman–Crippen LogP) is 2.41. The lowest BCUT2D eigenvalue weighted by Gasteiger charge is -2.28. The fraction of sp³-hybridized carbons (Fsp3) is 0.882. The first-order chi connectivity index (χ1) is 10.6. The average molecular weight is 326 g/mol. The zero-order valence-corrected chi connectivity index (χ0v) is 15.1. The number of rotatable bonds is 5. The van der Waals surface area contributed by atoms with Gasteiger partial charge in [0.2, 0.25) is 5.91 Å². The third-order valence-corrected chi connectivity index (χ3v) is 4.28. The zero-order chi connectivity index (χ0) is 17.3. The van der Waals surface area contributed by atoms with Gasteiger partial charge in [-0.3, -0.25) is 4.79 Å². The van der Waals surface area contributed by atoms with E-state index in [2.05, 4.69) is 0 Å². The first kappa shape index (κ1) is 18.0. The number of nitrogens with zero attached hydrogens (tertiary/aromatic N) is 2. The maximum absolute atomic E-state index is 12.3. The molecule has 6 nitrogen and oxygen atoms in total. The van der Waals surface area contributed by atoms with Crippen LogP contribution in [0.5, 0.6) is 0 Å². The van der Waals surface area contributed by atoms with E-state index in [1.54, 1.807) is 4.90 Å². The van der Waals surface area contributed by atoms with Gasteiger partial charge in [0.05, 0.1) is 12.1 Å². The van der Waals surface area contributed by atoms with Crippen molar-refractivity contribution in [3.8, 4) is 0 Å². The van der Waals surface area contributed by atoms with Crippen molar-refractivity contribution in [2.75, 3.05) is 26.2 Å². The van der Waals surface area contributed by atoms with E-state index in [9.17, 15) is 9.59 Å². The van der Waals surface area contributed by atoms with Crippen LogP contribution in [0.15, 0.2) is 0 Å². The molecule has 0 N–H and O–H groups in total. The van der Waals surface area contributed by atoms with Gasteiger partial charge in [-0.1, -0.05) is 0 Å². The minimum absolute atomic E-state index is 0.0481. The van der Waals surface area contributed by atoms with Crippen molar-refractivity contribution in [1.29, 1.82) is 0 Å². The molecule has 1 aliphatic heterocycles. The first-order valence-corrected chi connectivity index (χ1v) is 8.55. The third kappa shape index (κ3) is 5.09. The summed E-state index contributed by atoms with van der Waals surface area (Å²) in [5, 5.41) is 0. The molecular weight excluding hydrogens is 296 g/mol. The molecule has 0 radical (unpaired) electrons. The van der Waals surface area contributed by atoms with Gasteiger partial charge in [-0.2, -0.15) is 0 Å². The molecule has 1 atom stereocenters. The monoisotopic (exact) mass is 326 g/mol. The van der Waals surface area contributed by atoms with Crippen LogP contribution in [0.1, 0.15) is 53.9 Å². The van der Waals surface area contributed by atoms with Crippen molar-refractivity contribution in [2.45, 2.75) is 71.1 Å². The van der Waals surface area contributed by atoms with Gasteiger partial charge in [-0.15, -0.1) is 0 Å². The molecule has 23 heavy (non-hydrogen) atoms. The topological polar surface area (TPSA) is 59.1 Å². The van der Waals surface area contributed by atoms with Crippen LogP contribution in [-0.4, -0.2) is 65.3 Å². The second kappa shape index (κ2) is 6.67. The number of hydrogen-bond donors (Lipinski definition) is 0. The van der Waals surface area contributed by atoms with Crippen molar-refractivity contribution in [3.63, 3.8) is 0 Å². The van der Waals surface area contributed by atoms with E-state index in [0.29, 0.717) is 19.1 Å². The minimum Gasteiger partial charge on any atom is -0.444 e. The highest BCUT2D eigenvalue weighted by Gasteiger charge is 2.40. The van der Waals surface area contributed by atoms with Crippen LogP contribution in [0.25, 0.3) is 0 Å². The summed E-state index contributed by atoms with van der Waals surface area (Å²) in [5.74, 6) is 0.0481. The SMILES string of the molecule is CCN(C(=O)COC1(C)CCN(C(=O)OC(C)(C)C)C1)C1CC1. The van der Waals surface area contributed by atoms with Crippen molar-refractivity contribution >= 4 is 12.0 Å². The van der Waals surface area contributed by atoms with E-state index in [-0.39, 0.29) is 18.6 Å². The van der Waals surface area contributed by atoms with Crippen LogP contribution in [0, 0.1) is 0 Å². The molecule has 2 aliphatic rings. The van der Waals surface area contributed by atoms with Crippen LogP contribution in [-0.2, 0) is 14.3 Å². The van der Waals surface area contributed by atoms with Gasteiger partial charge in [0.15, 0.2) is 0 Å². The highest BCUT2D eigenvalue weighted by atomic mass is 16.6. The second-order valence-corrected chi connectivity index (χ2v) is 7.80. The van der Waals surface area contributed by atoms with E-state index in [1.165, 1.54) is 0 Å². The molecule has 6 heteroatoms. The molecule has 1 saturated carbocycles. The summed E-state index contributed by atoms with van der Waals surface area (Å²) in [7, 11) is 0. The number of carbonyl (C=O) groups excluding carboxylic acids is 2. The first-order valence-electron chi connectivity index (χ1n) is 8.55. The van der Waals surface area contributed by atoms with Crippen molar-refractivity contribution in [2.24, 2.45) is 0 Å². The molecule has 0 aromatic heterocycles. The number of likely N-dealkylation sites (tertiary alicyclic amines) is 1. The molecule has 0 bridgehead atoms. The number of ether oxygens (including phenoxy) is 2. The highest BCUT2D eigenvalue weighted by molar-refractivity contribution is 5.78. The van der Waals surface area contributed by atoms with Crippen LogP contribution in [0.3, 0.4) is 0 Å². The highest BCUT2D eigenvalue weighted by Crippen LogP contribution is 2.29. The van der Waals surface area contributed by atoms with E-state index in [0.717, 1.165) is 25.8 Å². The number of likely N-dealkylation sites (N-methyl/N-ethyl adjacent to an activating group) is 1. The van der Waals surface area contributed by atoms with Gasteiger partial charge in [0, 0.05) is 19.1 Å². The number of carbonyl (C=O) groups is 2. The maximum Gasteiger partial charge on any atom is 0.410 e. The quantitative estimate of drug-likeness (QED) is 0.778. The van der Waals surface area contributed by atoms with Crippen molar-refractivity contribution < 1.29 is 19.1 Å². The second-order valence-electron chi connectivity index (χ2n) is 7.80. The zero-order valence-electron chi connectivity index (χ0n) is 15.1. The summed E-state index contributed by atoms with van der Waals surface area (Å²) in [6.07, 6.45) is 2.60. The van der Waals surface area contributed by atoms with Crippen LogP contribution in [0.2, 0.25) is 0 Å². The smallest absolute Gasteiger partial charge is 0.410 e. The van der Waals surface area contributed by atoms with Gasteiger partial charge in [0.1, 0.15) is 12.2 Å². The summed E-state index contributed by atoms with van der Waals surface area (Å²) in [6, 6.07) is 0.408. The lowest BCUT2D eigenvalue weighted by atomic mass is 10.1. The molecule has 1 unspecified atom stereocenters. The Morgan fingerprint density at radius 3 is 2.48 bits per heavy atom. The van der Waals surface area contributed by atoms with Crippen molar-refractivity contribution in [1.82, 2.24) is 9.80 Å². The minimum atomic E-state index is -0.501. The summed E-state index contributed by atoms with van der Waals surface area (Å²) >= 11 is 0. The predicted molar refractivity (Wildman–Crippen MR) is 87.2 cm³/mol. The Hall–Kier alpha value is -1.30. The summed E-state index contributed by atoms with van der Waals surface area (Å²) < 4.78 is 11.3. The van der Waals surface area contributed by atoms with Gasteiger partial charge < -0.3 is 19.3 Å². The largest absolute Gasteiger partial charge is 0.444 e. The summed E-state index contributed by atoms with van der Waals surface area (Å²) in [5.41, 5.74) is -0.978. The molecule has 0 spiro atoms. The Kier molecular flexibility index (Phi) is 5.23. The molecular formula is C17H30N2O4. The molecule has 0 aromatic carbocycles. The summed E-state index contributed by atoms with van der Waals surface area (Å²) in [4.78, 5) is 27.9. The van der Waals surface area contributed by atoms with Crippen LogP contribution >= 0.6 is 0 Å². The standard InChI is InChI=1S/C17H30N2O4/c1-6-19(13-7-8-13)14(20)11-22-17(5)9-10-18(12-17)15(21)23-16(2,3)4/h13H,6-12H2,1-5H3. The Bertz CT molecular complexity index is 456. The average Bonchev–Trinajstić information content (AvgIpc) is 3.18. The molecule has 1 heterocycles. The maximum atomic E-state index is 12.3. The van der Waals surface area contributed by atoms with E-state index in [1.807, 2.05) is 39.5 Å². The molecule has 0 aromatic rings. The molecule has 1 aliphatic carbocycles. The molecule has 132 valence electrons. The Morgan fingerprint density at radius 1 is 1.30 bits per heavy atom. The third-order valence-electron chi connectivity index (χ3n) is 4.28. The Labute approximate surface area is 139 Å². The van der Waals surface area contributed by atoms with Crippen molar-refractivity contribution in [3.05, 3.63) is 0 Å². The van der Waals surface area contributed by atoms with Gasteiger partial charge >= 0.3 is 6.09 Å². The normalized spacial score (nSPS) is 24.7. The fourth-order valence-electron chi connectivity index (χ4n) is 2.88. The van der Waals surface area contributed by atoms with E-state index >= 15 is 0 Å². The van der Waals surface area contributed by atoms with Gasteiger partial charge in [-0.25, -0.2) is 4.79 Å². The van der Waals surface area contributed by atoms with E-state index in [4.69, 9.17) is 9.47 Å². The van der Waals surface area contributed by atoms with Crippen LogP contribution in [0.4, 0.5) is 4.79 Å². The number of amides is 2. The Morgan fingerprint density at radius 2 is 1.96 bits per heavy atom. The molecule has 2 fully saturated rings. The lowest BCUT2D eigenvalue weighted by molar-refractivity contribution is -0.142. The molecule has 2 amide bonds. The molecule has 2 rings (SSSR count). The number of hydrogen-bond acceptors (Lipinski definition) is 4. The van der Waals surface area contributed by atoms with Gasteiger partial charge in [-0.05, 0) is 53.9 Å². The lowest BCUT2D eigenvalue weighted by Crippen LogP contribution is -2.42. The molecule has 1 saturated heterocycles. The Balaban J connectivity index is 1.81. The van der Waals surface area contributed by atoms with Gasteiger partial charge in [0.25, 0.3) is 0 Å². The van der Waals surface area contributed by atoms with Crippen LogP contribution < -0.4 is 0 Å².